The third kappa shape index (κ3) is 5.17. The second-order valence-corrected chi connectivity index (χ2v) is 9.89. The molecule has 136 valence electrons. The molecule has 2 N–H and O–H groups in total. The fourth-order valence-corrected chi connectivity index (χ4v) is 5.02. The summed E-state index contributed by atoms with van der Waals surface area (Å²) in [7, 11) is -3.32. The molecule has 0 heterocycles. The average Bonchev–Trinajstić information content (AvgIpc) is 2.48. The number of sulfonamides is 2. The zero-order chi connectivity index (χ0) is 18.0. The Morgan fingerprint density at radius 3 is 1.88 bits per heavy atom. The molecule has 0 spiro atoms. The minimum absolute atomic E-state index is 0.178. The average molecular weight is 376 g/mol. The lowest BCUT2D eigenvalue weighted by Gasteiger charge is -2.32. The Kier molecular flexibility index (Phi) is 5.90. The van der Waals surface area contributed by atoms with Crippen LogP contribution in [0.2, 0.25) is 0 Å². The summed E-state index contributed by atoms with van der Waals surface area (Å²) < 4.78 is 53.4. The van der Waals surface area contributed by atoms with E-state index < -0.39 is 32.1 Å². The lowest BCUT2D eigenvalue weighted by atomic mass is 9.92. The largest absolute Gasteiger partial charge is 0.378 e. The molecule has 1 aliphatic rings. The summed E-state index contributed by atoms with van der Waals surface area (Å²) in [5.74, 6) is 0. The highest BCUT2D eigenvalue weighted by atomic mass is 32.2. The Balaban J connectivity index is 2.16. The molecule has 24 heavy (non-hydrogen) atoms. The number of nitrogens with one attached hydrogen (secondary N) is 2. The normalized spacial score (nSPS) is 22.3. The van der Waals surface area contributed by atoms with Crippen molar-refractivity contribution in [2.24, 2.45) is 0 Å². The smallest absolute Gasteiger partial charge is 0.240 e. The Bertz CT molecular complexity index is 758. The Labute approximate surface area is 144 Å². The topological polar surface area (TPSA) is 95.6 Å². The SMILES string of the molecule is CN(C)c1ccc(S(=O)(=O)N[C@@H]2CCCC[C@H]2NS(C)(=O)=O)cc1. The van der Waals surface area contributed by atoms with Gasteiger partial charge in [0, 0.05) is 31.9 Å². The molecule has 2 rings (SSSR count). The summed E-state index contributed by atoms with van der Waals surface area (Å²) in [6.07, 6.45) is 4.08. The second-order valence-electron chi connectivity index (χ2n) is 6.40. The minimum atomic E-state index is -3.69. The van der Waals surface area contributed by atoms with Crippen LogP contribution in [0.25, 0.3) is 0 Å². The van der Waals surface area contributed by atoms with E-state index in [4.69, 9.17) is 0 Å². The molecular weight excluding hydrogens is 350 g/mol. The van der Waals surface area contributed by atoms with Crippen molar-refractivity contribution in [1.82, 2.24) is 9.44 Å². The molecule has 0 radical (unpaired) electrons. The molecular formula is C15H25N3O4S2. The Morgan fingerprint density at radius 2 is 1.42 bits per heavy atom. The van der Waals surface area contributed by atoms with Gasteiger partial charge in [-0.3, -0.25) is 0 Å². The van der Waals surface area contributed by atoms with Crippen molar-refractivity contribution in [3.05, 3.63) is 24.3 Å². The summed E-state index contributed by atoms with van der Waals surface area (Å²) in [6, 6.07) is 5.74. The highest BCUT2D eigenvalue weighted by molar-refractivity contribution is 7.89. The van der Waals surface area contributed by atoms with Gasteiger partial charge < -0.3 is 4.90 Å². The van der Waals surface area contributed by atoms with Crippen LogP contribution in [-0.2, 0) is 20.0 Å². The molecule has 0 aliphatic heterocycles. The van der Waals surface area contributed by atoms with Gasteiger partial charge in [-0.25, -0.2) is 26.3 Å². The fraction of sp³-hybridized carbons (Fsp3) is 0.600. The van der Waals surface area contributed by atoms with Crippen molar-refractivity contribution in [2.75, 3.05) is 25.3 Å². The predicted molar refractivity (Wildman–Crippen MR) is 95.1 cm³/mol. The van der Waals surface area contributed by atoms with E-state index in [9.17, 15) is 16.8 Å². The molecule has 7 nitrogen and oxygen atoms in total. The Hall–Kier alpha value is -1.16. The van der Waals surface area contributed by atoms with E-state index in [-0.39, 0.29) is 4.90 Å². The lowest BCUT2D eigenvalue weighted by molar-refractivity contribution is 0.340. The summed E-state index contributed by atoms with van der Waals surface area (Å²) in [6.45, 7) is 0. The van der Waals surface area contributed by atoms with Crippen LogP contribution < -0.4 is 14.3 Å². The van der Waals surface area contributed by atoms with Gasteiger partial charge in [-0.05, 0) is 37.1 Å². The van der Waals surface area contributed by atoms with Crippen LogP contribution in [0, 0.1) is 0 Å². The van der Waals surface area contributed by atoms with E-state index in [1.54, 1.807) is 24.3 Å². The maximum absolute atomic E-state index is 12.6. The van der Waals surface area contributed by atoms with Crippen molar-refractivity contribution >= 4 is 25.7 Å². The lowest BCUT2D eigenvalue weighted by Crippen LogP contribution is -2.52. The van der Waals surface area contributed by atoms with Crippen molar-refractivity contribution in [1.29, 1.82) is 0 Å². The molecule has 9 heteroatoms. The van der Waals surface area contributed by atoms with Gasteiger partial charge in [0.25, 0.3) is 0 Å². The van der Waals surface area contributed by atoms with Crippen LogP contribution in [0.5, 0.6) is 0 Å². The molecule has 0 bridgehead atoms. The number of anilines is 1. The second kappa shape index (κ2) is 7.38. The van der Waals surface area contributed by atoms with Gasteiger partial charge in [-0.15, -0.1) is 0 Å². The van der Waals surface area contributed by atoms with Crippen LogP contribution in [0.3, 0.4) is 0 Å². The predicted octanol–water partition coefficient (Wildman–Crippen LogP) is 0.891. The van der Waals surface area contributed by atoms with E-state index in [1.807, 2.05) is 19.0 Å². The highest BCUT2D eigenvalue weighted by Crippen LogP contribution is 2.22. The van der Waals surface area contributed by atoms with Crippen molar-refractivity contribution < 1.29 is 16.8 Å². The van der Waals surface area contributed by atoms with Crippen molar-refractivity contribution in [3.63, 3.8) is 0 Å². The molecule has 1 fully saturated rings. The van der Waals surface area contributed by atoms with Gasteiger partial charge in [-0.2, -0.15) is 0 Å². The van der Waals surface area contributed by atoms with Gasteiger partial charge in [0.15, 0.2) is 0 Å². The number of rotatable bonds is 6. The highest BCUT2D eigenvalue weighted by Gasteiger charge is 2.31. The zero-order valence-corrected chi connectivity index (χ0v) is 15.8. The van der Waals surface area contributed by atoms with Gasteiger partial charge in [0.2, 0.25) is 20.0 Å². The van der Waals surface area contributed by atoms with Crippen LogP contribution in [0.1, 0.15) is 25.7 Å². The molecule has 1 aromatic rings. The molecule has 0 saturated heterocycles. The van der Waals surface area contributed by atoms with Crippen molar-refractivity contribution in [2.45, 2.75) is 42.7 Å². The molecule has 0 amide bonds. The third-order valence-electron chi connectivity index (χ3n) is 4.10. The van der Waals surface area contributed by atoms with Gasteiger partial charge in [-0.1, -0.05) is 12.8 Å². The first-order valence-corrected chi connectivity index (χ1v) is 11.2. The van der Waals surface area contributed by atoms with E-state index in [2.05, 4.69) is 9.44 Å². The molecule has 1 saturated carbocycles. The third-order valence-corrected chi connectivity index (χ3v) is 6.34. The maximum atomic E-state index is 12.6. The zero-order valence-electron chi connectivity index (χ0n) is 14.2. The summed E-state index contributed by atoms with van der Waals surface area (Å²) in [5.41, 5.74) is 0.906. The van der Waals surface area contributed by atoms with E-state index >= 15 is 0 Å². The van der Waals surface area contributed by atoms with Gasteiger partial charge >= 0.3 is 0 Å². The van der Waals surface area contributed by atoms with E-state index in [1.165, 1.54) is 0 Å². The number of hydrogen-bond acceptors (Lipinski definition) is 5. The van der Waals surface area contributed by atoms with Crippen LogP contribution in [-0.4, -0.2) is 49.3 Å². The van der Waals surface area contributed by atoms with Crippen molar-refractivity contribution in [3.8, 4) is 0 Å². The first kappa shape index (κ1) is 19.2. The molecule has 0 unspecified atom stereocenters. The first-order valence-electron chi connectivity index (χ1n) is 7.85. The Morgan fingerprint density at radius 1 is 0.917 bits per heavy atom. The van der Waals surface area contributed by atoms with E-state index in [0.717, 1.165) is 24.8 Å². The summed E-state index contributed by atoms with van der Waals surface area (Å²) in [4.78, 5) is 2.06. The number of benzene rings is 1. The maximum Gasteiger partial charge on any atom is 0.240 e. The first-order chi connectivity index (χ1) is 11.1. The molecule has 2 atom stereocenters. The van der Waals surface area contributed by atoms with Gasteiger partial charge in [0.1, 0.15) is 0 Å². The quantitative estimate of drug-likeness (QED) is 0.770. The van der Waals surface area contributed by atoms with E-state index in [0.29, 0.717) is 12.8 Å². The molecule has 1 aromatic carbocycles. The number of nitrogens with zero attached hydrogens (tertiary/aromatic N) is 1. The summed E-state index contributed by atoms with van der Waals surface area (Å²) >= 11 is 0. The van der Waals surface area contributed by atoms with Crippen LogP contribution in [0.4, 0.5) is 5.69 Å². The van der Waals surface area contributed by atoms with Crippen LogP contribution >= 0.6 is 0 Å². The van der Waals surface area contributed by atoms with Crippen LogP contribution in [0.15, 0.2) is 29.2 Å². The summed E-state index contributed by atoms with van der Waals surface area (Å²) in [5, 5.41) is 0. The molecule has 0 aromatic heterocycles. The van der Waals surface area contributed by atoms with Gasteiger partial charge in [0.05, 0.1) is 11.2 Å². The minimum Gasteiger partial charge on any atom is -0.378 e. The molecule has 1 aliphatic carbocycles. The monoisotopic (exact) mass is 375 g/mol. The fourth-order valence-electron chi connectivity index (χ4n) is 2.88. The number of hydrogen-bond donors (Lipinski definition) is 2. The standard InChI is InChI=1S/C15H25N3O4S2/c1-18(2)12-8-10-13(11-9-12)24(21,22)17-15-7-5-4-6-14(15)16-23(3,19)20/h8-11,14-17H,4-7H2,1-3H3/t14-,15-/m1/s1.